The monoisotopic (exact) mass is 487 g/mol. The van der Waals surface area contributed by atoms with Crippen molar-refractivity contribution in [3.05, 3.63) is 81.2 Å². The summed E-state index contributed by atoms with van der Waals surface area (Å²) in [5, 5.41) is 13.7. The van der Waals surface area contributed by atoms with Crippen molar-refractivity contribution in [1.82, 2.24) is 20.0 Å². The molecule has 7 heteroatoms. The number of benzene rings is 2. The number of rotatable bonds is 10. The molecule has 2 N–H and O–H groups in total. The fraction of sp³-hybridized carbons (Fsp3) is 0.286. The summed E-state index contributed by atoms with van der Waals surface area (Å²) in [4.78, 5) is 18.1. The topological polar surface area (TPSA) is 64.3 Å². The third kappa shape index (κ3) is 6.88. The van der Waals surface area contributed by atoms with Gasteiger partial charge in [-0.25, -0.2) is 0 Å². The molecule has 0 unspecified atom stereocenters. The maximum Gasteiger partial charge on any atom is 0.229 e. The van der Waals surface area contributed by atoms with E-state index in [-0.39, 0.29) is 5.91 Å². The van der Waals surface area contributed by atoms with E-state index in [1.807, 2.05) is 42.6 Å². The van der Waals surface area contributed by atoms with Crippen LogP contribution in [-0.4, -0.2) is 60.1 Å². The van der Waals surface area contributed by atoms with Gasteiger partial charge in [0.2, 0.25) is 5.91 Å². The van der Waals surface area contributed by atoms with E-state index < -0.39 is 0 Å². The molecule has 182 valence electrons. The largest absolute Gasteiger partial charge is 0.326 e. The Bertz CT molecular complexity index is 1310. The first-order valence-electron chi connectivity index (χ1n) is 11.8. The molecule has 2 heterocycles. The fourth-order valence-corrected chi connectivity index (χ4v) is 4.66. The van der Waals surface area contributed by atoms with Crippen LogP contribution in [0.25, 0.3) is 23.1 Å². The van der Waals surface area contributed by atoms with E-state index in [0.29, 0.717) is 6.42 Å². The Morgan fingerprint density at radius 3 is 2.71 bits per heavy atom. The first-order valence-corrected chi connectivity index (χ1v) is 12.7. The second kappa shape index (κ2) is 11.4. The highest BCUT2D eigenvalue weighted by molar-refractivity contribution is 7.10. The molecule has 0 fully saturated rings. The number of nitrogens with zero attached hydrogens (tertiary/aromatic N) is 3. The van der Waals surface area contributed by atoms with Crippen LogP contribution in [0.15, 0.2) is 53.9 Å². The van der Waals surface area contributed by atoms with Crippen molar-refractivity contribution in [2.45, 2.75) is 19.9 Å². The van der Waals surface area contributed by atoms with E-state index in [4.69, 9.17) is 0 Å². The Morgan fingerprint density at radius 1 is 1.09 bits per heavy atom. The van der Waals surface area contributed by atoms with E-state index in [0.717, 1.165) is 57.9 Å². The number of aromatic nitrogens is 2. The molecule has 35 heavy (non-hydrogen) atoms. The van der Waals surface area contributed by atoms with Gasteiger partial charge in [-0.05, 0) is 74.4 Å². The first kappa shape index (κ1) is 24.9. The van der Waals surface area contributed by atoms with Gasteiger partial charge in [0, 0.05) is 35.6 Å². The molecule has 6 nitrogen and oxygen atoms in total. The summed E-state index contributed by atoms with van der Waals surface area (Å²) in [6, 6.07) is 16.6. The molecule has 0 aliphatic carbocycles. The number of hydrogen-bond acceptors (Lipinski definition) is 5. The Hall–Kier alpha value is -3.26. The predicted molar refractivity (Wildman–Crippen MR) is 148 cm³/mol. The van der Waals surface area contributed by atoms with Crippen LogP contribution in [0, 0.1) is 6.92 Å². The van der Waals surface area contributed by atoms with E-state index in [9.17, 15) is 4.79 Å². The molecule has 4 aromatic rings. The summed E-state index contributed by atoms with van der Waals surface area (Å²) in [7, 11) is 6.35. The normalized spacial score (nSPS) is 11.8. The molecule has 2 aromatic heterocycles. The van der Waals surface area contributed by atoms with Gasteiger partial charge in [-0.15, -0.1) is 11.3 Å². The lowest BCUT2D eigenvalue weighted by atomic mass is 10.1. The zero-order valence-corrected chi connectivity index (χ0v) is 21.7. The number of carbonyl (C=O) groups is 1. The van der Waals surface area contributed by atoms with Crippen LogP contribution < -0.4 is 5.32 Å². The molecule has 2 aromatic carbocycles. The highest BCUT2D eigenvalue weighted by Gasteiger charge is 2.11. The van der Waals surface area contributed by atoms with Gasteiger partial charge in [0.05, 0.1) is 17.6 Å². The molecule has 0 radical (unpaired) electrons. The number of amides is 1. The predicted octanol–water partition coefficient (Wildman–Crippen LogP) is 5.28. The lowest BCUT2D eigenvalue weighted by Crippen LogP contribution is -2.28. The van der Waals surface area contributed by atoms with Gasteiger partial charge in [0.15, 0.2) is 0 Å². The highest BCUT2D eigenvalue weighted by Crippen LogP contribution is 2.26. The number of anilines is 1. The molecule has 0 atom stereocenters. The molecule has 0 aliphatic rings. The van der Waals surface area contributed by atoms with Crippen molar-refractivity contribution in [3.63, 3.8) is 0 Å². The molecule has 0 saturated carbocycles. The van der Waals surface area contributed by atoms with Crippen LogP contribution in [0.4, 0.5) is 5.69 Å². The summed E-state index contributed by atoms with van der Waals surface area (Å²) in [5.41, 5.74) is 6.04. The molecular formula is C28H33N5OS. The van der Waals surface area contributed by atoms with Gasteiger partial charge in [-0.1, -0.05) is 36.4 Å². The van der Waals surface area contributed by atoms with Gasteiger partial charge >= 0.3 is 0 Å². The van der Waals surface area contributed by atoms with Gasteiger partial charge in [-0.3, -0.25) is 9.89 Å². The molecule has 0 bridgehead atoms. The van der Waals surface area contributed by atoms with Crippen LogP contribution in [0.5, 0.6) is 0 Å². The van der Waals surface area contributed by atoms with E-state index in [1.54, 1.807) is 11.3 Å². The summed E-state index contributed by atoms with van der Waals surface area (Å²) in [6.07, 6.45) is 4.50. The number of thiophene rings is 1. The standard InChI is InChI=1S/C28H33N5OS/c1-20-15-27-24(18-26(20)29-28(34)17-23-9-6-14-35-23)25(30-31-27)11-10-21-7-5-8-22(16-21)19-33(4)13-12-32(2)3/h5-11,14-16,18H,12-13,17,19H2,1-4H3,(H,29,34)(H,30,31)/b11-10+. The van der Waals surface area contributed by atoms with Crippen LogP contribution in [0.2, 0.25) is 0 Å². The average Bonchev–Trinajstić information content (AvgIpc) is 3.46. The van der Waals surface area contributed by atoms with Crippen LogP contribution >= 0.6 is 11.3 Å². The fourth-order valence-electron chi connectivity index (χ4n) is 3.95. The van der Waals surface area contributed by atoms with Crippen molar-refractivity contribution in [1.29, 1.82) is 0 Å². The minimum atomic E-state index is -0.0112. The van der Waals surface area contributed by atoms with Crippen LogP contribution in [-0.2, 0) is 17.8 Å². The number of H-pyrrole nitrogens is 1. The Kier molecular flexibility index (Phi) is 8.13. The van der Waals surface area contributed by atoms with E-state index in [2.05, 4.69) is 76.8 Å². The van der Waals surface area contributed by atoms with Crippen molar-refractivity contribution < 1.29 is 4.79 Å². The van der Waals surface area contributed by atoms with Gasteiger partial charge < -0.3 is 15.1 Å². The summed E-state index contributed by atoms with van der Waals surface area (Å²) in [5.74, 6) is -0.0112. The van der Waals surface area contributed by atoms with Gasteiger partial charge in [0.25, 0.3) is 0 Å². The minimum Gasteiger partial charge on any atom is -0.326 e. The third-order valence-electron chi connectivity index (χ3n) is 5.89. The van der Waals surface area contributed by atoms with E-state index in [1.165, 1.54) is 5.56 Å². The Morgan fingerprint density at radius 2 is 1.94 bits per heavy atom. The molecule has 0 saturated heterocycles. The summed E-state index contributed by atoms with van der Waals surface area (Å²) >= 11 is 1.59. The van der Waals surface area contributed by atoms with Crippen LogP contribution in [0.1, 0.15) is 27.3 Å². The number of hydrogen-bond donors (Lipinski definition) is 2. The Balaban J connectivity index is 1.48. The molecule has 0 spiro atoms. The third-order valence-corrected chi connectivity index (χ3v) is 6.77. The minimum absolute atomic E-state index is 0.0112. The maximum atomic E-state index is 12.5. The zero-order chi connectivity index (χ0) is 24.8. The summed E-state index contributed by atoms with van der Waals surface area (Å²) < 4.78 is 0. The van der Waals surface area contributed by atoms with Crippen LogP contribution in [0.3, 0.4) is 0 Å². The van der Waals surface area contributed by atoms with Crippen molar-refractivity contribution in [2.24, 2.45) is 0 Å². The number of carbonyl (C=O) groups excluding carboxylic acids is 1. The van der Waals surface area contributed by atoms with Crippen molar-refractivity contribution >= 4 is 46.0 Å². The molecular weight excluding hydrogens is 454 g/mol. The second-order valence-corrected chi connectivity index (χ2v) is 10.3. The Labute approximate surface area is 211 Å². The SMILES string of the molecule is Cc1cc2[nH]nc(/C=C/c3cccc(CN(C)CCN(C)C)c3)c2cc1NC(=O)Cc1cccs1. The van der Waals surface area contributed by atoms with E-state index >= 15 is 0 Å². The lowest BCUT2D eigenvalue weighted by Gasteiger charge is -2.19. The number of likely N-dealkylation sites (N-methyl/N-ethyl adjacent to an activating group) is 2. The van der Waals surface area contributed by atoms with Crippen molar-refractivity contribution in [3.8, 4) is 0 Å². The van der Waals surface area contributed by atoms with Gasteiger partial charge in [0.1, 0.15) is 0 Å². The summed E-state index contributed by atoms with van der Waals surface area (Å²) in [6.45, 7) is 4.97. The second-order valence-electron chi connectivity index (χ2n) is 9.25. The lowest BCUT2D eigenvalue weighted by molar-refractivity contribution is -0.115. The quantitative estimate of drug-likeness (QED) is 0.320. The maximum absolute atomic E-state index is 12.5. The molecule has 0 aliphatic heterocycles. The number of nitrogens with one attached hydrogen (secondary N) is 2. The smallest absolute Gasteiger partial charge is 0.229 e. The number of fused-ring (bicyclic) bond motifs is 1. The molecule has 4 rings (SSSR count). The first-order chi connectivity index (χ1) is 16.9. The number of aromatic amines is 1. The highest BCUT2D eigenvalue weighted by atomic mass is 32.1. The van der Waals surface area contributed by atoms with Gasteiger partial charge in [-0.2, -0.15) is 5.10 Å². The van der Waals surface area contributed by atoms with Crippen molar-refractivity contribution in [2.75, 3.05) is 39.5 Å². The zero-order valence-electron chi connectivity index (χ0n) is 20.8. The number of aryl methyl sites for hydroxylation is 1. The molecule has 1 amide bonds. The average molecular weight is 488 g/mol.